The number of carbonyl (C=O) groups excluding carboxylic acids is 4. The lowest BCUT2D eigenvalue weighted by Gasteiger charge is -2.34. The molecular formula is C39H48N3O9S3. The van der Waals surface area contributed by atoms with Crippen LogP contribution < -0.4 is 20.3 Å². The lowest BCUT2D eigenvalue weighted by atomic mass is 9.77. The quantitative estimate of drug-likeness (QED) is 0.0635. The number of nitrogens with zero attached hydrogens (tertiary/aromatic N) is 1. The van der Waals surface area contributed by atoms with Gasteiger partial charge in [-0.3, -0.25) is 24.1 Å². The molecule has 12 nitrogen and oxygen atoms in total. The van der Waals surface area contributed by atoms with Gasteiger partial charge < -0.3 is 20.5 Å². The number of para-hydroxylation sites is 1. The fourth-order valence-corrected chi connectivity index (χ4v) is 8.62. The molecule has 1 aliphatic rings. The van der Waals surface area contributed by atoms with Crippen molar-refractivity contribution in [2.45, 2.75) is 80.7 Å². The van der Waals surface area contributed by atoms with Crippen LogP contribution in [0.5, 0.6) is 5.75 Å². The zero-order valence-corrected chi connectivity index (χ0v) is 33.4. The molecule has 3 amide bonds. The van der Waals surface area contributed by atoms with E-state index in [0.29, 0.717) is 57.1 Å². The number of ether oxygens (including phenoxy) is 1. The van der Waals surface area contributed by atoms with E-state index in [1.807, 2.05) is 50.4 Å². The Kier molecular flexibility index (Phi) is 15.2. The molecule has 0 saturated carbocycles. The van der Waals surface area contributed by atoms with E-state index in [4.69, 9.17) is 4.74 Å². The fraction of sp³-hybridized carbons (Fsp3) is 0.410. The van der Waals surface area contributed by atoms with E-state index in [1.54, 1.807) is 47.4 Å². The van der Waals surface area contributed by atoms with Crippen LogP contribution in [-0.2, 0) is 33.8 Å². The summed E-state index contributed by atoms with van der Waals surface area (Å²) in [5.41, 5.74) is 0.350. The van der Waals surface area contributed by atoms with E-state index in [9.17, 15) is 37.5 Å². The number of aliphatic carboxylic acids is 1. The van der Waals surface area contributed by atoms with Crippen LogP contribution in [0.3, 0.4) is 0 Å². The molecule has 0 fully saturated rings. The number of carboxylic acid groups (broad SMARTS) is 1. The zero-order chi connectivity index (χ0) is 39.5. The minimum atomic E-state index is -3.51. The Morgan fingerprint density at radius 1 is 0.944 bits per heavy atom. The Morgan fingerprint density at radius 3 is 2.11 bits per heavy atom. The van der Waals surface area contributed by atoms with Crippen LogP contribution in [0.4, 0.5) is 11.4 Å². The second kappa shape index (κ2) is 19.3. The molecule has 0 unspecified atom stereocenters. The third kappa shape index (κ3) is 10.7. The number of rotatable bonds is 19. The Bertz CT molecular complexity index is 1920. The van der Waals surface area contributed by atoms with E-state index < -0.39 is 57.5 Å². The summed E-state index contributed by atoms with van der Waals surface area (Å²) in [5.74, 6) is -3.36. The molecule has 0 aliphatic carbocycles. The maximum atomic E-state index is 14.7. The summed E-state index contributed by atoms with van der Waals surface area (Å²) in [5, 5.41) is 14.5. The number of hydrogen-bond acceptors (Lipinski definition) is 9. The molecule has 291 valence electrons. The van der Waals surface area contributed by atoms with Crippen LogP contribution in [0.25, 0.3) is 0 Å². The molecule has 1 radical (unpaired) electrons. The highest BCUT2D eigenvalue weighted by Crippen LogP contribution is 2.51. The van der Waals surface area contributed by atoms with Gasteiger partial charge in [-0.2, -0.15) is 0 Å². The number of benzene rings is 3. The number of carboxylic acids is 1. The van der Waals surface area contributed by atoms with Crippen LogP contribution in [0.2, 0.25) is 0 Å². The van der Waals surface area contributed by atoms with Gasteiger partial charge in [0.15, 0.2) is 11.7 Å². The van der Waals surface area contributed by atoms with Crippen molar-refractivity contribution in [3.63, 3.8) is 0 Å². The maximum absolute atomic E-state index is 14.7. The predicted molar refractivity (Wildman–Crippen MR) is 212 cm³/mol. The van der Waals surface area contributed by atoms with Gasteiger partial charge in [-0.25, -0.2) is 13.2 Å². The van der Waals surface area contributed by atoms with Crippen molar-refractivity contribution in [3.8, 4) is 5.75 Å². The topological polar surface area (TPSA) is 176 Å². The highest BCUT2D eigenvalue weighted by molar-refractivity contribution is 8.14. The fourth-order valence-electron chi connectivity index (χ4n) is 6.19. The third-order valence-corrected chi connectivity index (χ3v) is 12.1. The number of sulfone groups is 1. The van der Waals surface area contributed by atoms with Gasteiger partial charge >= 0.3 is 5.97 Å². The smallest absolute Gasteiger partial charge is 0.326 e. The summed E-state index contributed by atoms with van der Waals surface area (Å²) in [6.07, 6.45) is 6.40. The summed E-state index contributed by atoms with van der Waals surface area (Å²) >= 11 is 1.67. The first-order chi connectivity index (χ1) is 25.7. The van der Waals surface area contributed by atoms with Gasteiger partial charge in [-0.15, -0.1) is 23.5 Å². The Labute approximate surface area is 325 Å². The molecule has 15 heteroatoms. The number of carbonyl (C=O) groups is 5. The summed E-state index contributed by atoms with van der Waals surface area (Å²) < 4.78 is 29.4. The minimum absolute atomic E-state index is 0.178. The number of amides is 3. The molecule has 0 bridgehead atoms. The minimum Gasteiger partial charge on any atom is -0.483 e. The van der Waals surface area contributed by atoms with Crippen LogP contribution in [0.15, 0.2) is 82.6 Å². The molecule has 1 aliphatic heterocycles. The number of anilines is 2. The van der Waals surface area contributed by atoms with Crippen molar-refractivity contribution >= 4 is 73.5 Å². The monoisotopic (exact) mass is 798 g/mol. The molecular weight excluding hydrogens is 751 g/mol. The van der Waals surface area contributed by atoms with Crippen molar-refractivity contribution in [2.75, 3.05) is 29.8 Å². The summed E-state index contributed by atoms with van der Waals surface area (Å²) in [6, 6.07) is 18.1. The molecule has 0 aromatic heterocycles. The molecule has 1 heterocycles. The van der Waals surface area contributed by atoms with E-state index in [1.165, 1.54) is 11.8 Å². The number of unbranched alkanes of at least 4 members (excludes halogenated alkanes) is 2. The van der Waals surface area contributed by atoms with Gasteiger partial charge in [0.2, 0.25) is 11.8 Å². The van der Waals surface area contributed by atoms with E-state index >= 15 is 0 Å². The predicted octanol–water partition coefficient (Wildman–Crippen LogP) is 6.05. The number of nitrogens with one attached hydrogen (secondary N) is 2. The van der Waals surface area contributed by atoms with Gasteiger partial charge in [-0.1, -0.05) is 88.1 Å². The second-order valence-corrected chi connectivity index (χ2v) is 17.4. The molecule has 3 aromatic carbocycles. The third-order valence-electron chi connectivity index (χ3n) is 9.13. The van der Waals surface area contributed by atoms with Crippen molar-refractivity contribution in [1.82, 2.24) is 10.6 Å². The van der Waals surface area contributed by atoms with E-state index in [-0.39, 0.29) is 17.4 Å². The van der Waals surface area contributed by atoms with Crippen LogP contribution in [-0.4, -0.2) is 73.2 Å². The molecule has 54 heavy (non-hydrogen) atoms. The van der Waals surface area contributed by atoms with Gasteiger partial charge in [0.1, 0.15) is 33.1 Å². The average molecular weight is 799 g/mol. The summed E-state index contributed by atoms with van der Waals surface area (Å²) in [7, 11) is -3.51. The molecule has 3 N–H and O–H groups in total. The van der Waals surface area contributed by atoms with Crippen LogP contribution in [0, 0.1) is 5.41 Å². The number of thioether (sulfide) groups is 1. The Balaban J connectivity index is 1.64. The molecule has 0 spiro atoms. The average Bonchev–Trinajstić information content (AvgIpc) is 3.23. The summed E-state index contributed by atoms with van der Waals surface area (Å²) in [4.78, 5) is 70.6. The summed E-state index contributed by atoms with van der Waals surface area (Å²) in [6.45, 7) is 3.53. The normalized spacial score (nSPS) is 15.1. The number of thiol groups is 1. The van der Waals surface area contributed by atoms with Crippen molar-refractivity contribution in [2.24, 2.45) is 5.41 Å². The molecule has 0 saturated heterocycles. The van der Waals surface area contributed by atoms with Crippen LogP contribution >= 0.6 is 23.5 Å². The van der Waals surface area contributed by atoms with Gasteiger partial charge in [0.05, 0.1) is 16.3 Å². The highest BCUT2D eigenvalue weighted by Gasteiger charge is 2.50. The van der Waals surface area contributed by atoms with Crippen molar-refractivity contribution in [3.05, 3.63) is 78.4 Å². The first kappa shape index (κ1) is 42.4. The Morgan fingerprint density at radius 2 is 1.56 bits per heavy atom. The van der Waals surface area contributed by atoms with E-state index in [2.05, 4.69) is 10.6 Å². The lowest BCUT2D eigenvalue weighted by Crippen LogP contribution is -2.48. The highest BCUT2D eigenvalue weighted by atomic mass is 32.2. The standard InChI is InChI=1S/C39H48N3O9S3/c1-5-7-20-39(21-8-6-2)37(47)42(27-17-13-10-14-18-27)29-23-32(52-3)30(24-31(29)53-38(39)48)51-25-33(43)41-34(26-15-11-9-12-16-26)35(44)40-28(36(45)46)19-22-54(4,49)50/h9-18,23-24,28,34,53H,5-8,19-22,25H2,1-4H3,(H,40,44)(H,41,43)(H,45,46)/t28-,34+/m0/s1. The maximum Gasteiger partial charge on any atom is 0.326 e. The number of fused-ring (bicyclic) bond motifs is 1. The van der Waals surface area contributed by atoms with Crippen LogP contribution in [0.1, 0.15) is 70.4 Å². The molecule has 2 atom stereocenters. The largest absolute Gasteiger partial charge is 0.483 e. The molecule has 3 aromatic rings. The lowest BCUT2D eigenvalue weighted by molar-refractivity contribution is -0.142. The van der Waals surface area contributed by atoms with Gasteiger partial charge in [-0.05, 0) is 55.3 Å². The number of hydrogen-bond donors (Lipinski definition) is 4. The van der Waals surface area contributed by atoms with Gasteiger partial charge in [0.25, 0.3) is 5.91 Å². The zero-order valence-electron chi connectivity index (χ0n) is 30.9. The van der Waals surface area contributed by atoms with Crippen molar-refractivity contribution < 1.29 is 42.2 Å². The van der Waals surface area contributed by atoms with Gasteiger partial charge in [0, 0.05) is 16.8 Å². The SMILES string of the molecule is CCCCC1(CCCC)C(=O)[SH]c2cc(OCC(=O)N[C@@H](C(=O)N[C@@H](CCS(C)(=O)=O)C(=O)O)c3ccccc3)c(SC)cc2N(c2ccccc2)C1=O. The first-order valence-corrected chi connectivity index (χ1v) is 22.0. The van der Waals surface area contributed by atoms with E-state index in [0.717, 1.165) is 31.9 Å². The molecule has 4 rings (SSSR count). The van der Waals surface area contributed by atoms with Crippen molar-refractivity contribution in [1.29, 1.82) is 0 Å². The first-order valence-electron chi connectivity index (χ1n) is 17.8. The second-order valence-electron chi connectivity index (χ2n) is 13.2. The Hall–Kier alpha value is -4.34.